The zero-order chi connectivity index (χ0) is 18.7. The molecule has 1 aliphatic heterocycles. The van der Waals surface area contributed by atoms with E-state index in [0.717, 1.165) is 32.1 Å². The Morgan fingerprint density at radius 1 is 1.12 bits per heavy atom. The van der Waals surface area contributed by atoms with Gasteiger partial charge < -0.3 is 15.1 Å². The Hall–Kier alpha value is -1.60. The first-order valence-electron chi connectivity index (χ1n) is 8.27. The monoisotopic (exact) mass is 414 g/mol. The van der Waals surface area contributed by atoms with E-state index in [4.69, 9.17) is 34.8 Å². The summed E-state index contributed by atoms with van der Waals surface area (Å²) >= 11 is 18.1. The van der Waals surface area contributed by atoms with E-state index in [-0.39, 0.29) is 11.9 Å². The molecule has 0 saturated carbocycles. The number of amides is 1. The number of nitrogens with zero attached hydrogens (tertiary/aromatic N) is 3. The Kier molecular flexibility index (Phi) is 6.19. The topological polar surface area (TPSA) is 62.6 Å². The number of carbonyl (C=O) groups excluding carboxylic acids is 1. The summed E-state index contributed by atoms with van der Waals surface area (Å²) in [5, 5.41) is 3.91. The molecule has 0 unspecified atom stereocenters. The van der Waals surface area contributed by atoms with Crippen molar-refractivity contribution in [1.82, 2.24) is 9.97 Å². The number of rotatable bonds is 4. The molecule has 2 N–H and O–H groups in total. The predicted molar refractivity (Wildman–Crippen MR) is 105 cm³/mol. The molecule has 1 fully saturated rings. The summed E-state index contributed by atoms with van der Waals surface area (Å²) in [5.41, 5.74) is 0.466. The smallest absolute Gasteiger partial charge is 0.282 e. The zero-order valence-electron chi connectivity index (χ0n) is 14.2. The van der Waals surface area contributed by atoms with Crippen LogP contribution in [0.25, 0.3) is 0 Å². The molecule has 1 amide bonds. The van der Waals surface area contributed by atoms with Crippen LogP contribution in [0.2, 0.25) is 15.1 Å². The Labute approximate surface area is 167 Å². The molecule has 26 heavy (non-hydrogen) atoms. The SMILES string of the molecule is C[C@@H](C(=O)Nc1cc(Cl)c(Cl)cc1Cl)[NH+]1CCN(c2ncccn2)CC1. The van der Waals surface area contributed by atoms with Crippen LogP contribution in [0.1, 0.15) is 6.92 Å². The number of anilines is 2. The van der Waals surface area contributed by atoms with Crippen molar-refractivity contribution in [3.05, 3.63) is 45.7 Å². The standard InChI is InChI=1S/C17H18Cl3N5O/c1-11(16(26)23-15-10-13(19)12(18)9-14(15)20)24-5-7-25(8-6-24)17-21-3-2-4-22-17/h2-4,9-11H,5-8H2,1H3,(H,23,26)/p+1/t11-/m0/s1. The first-order chi connectivity index (χ1) is 12.5. The molecule has 1 aliphatic rings. The zero-order valence-corrected chi connectivity index (χ0v) is 16.4. The summed E-state index contributed by atoms with van der Waals surface area (Å²) in [4.78, 5) is 24.5. The fourth-order valence-corrected chi connectivity index (χ4v) is 3.52. The van der Waals surface area contributed by atoms with Crippen molar-refractivity contribution in [2.75, 3.05) is 36.4 Å². The predicted octanol–water partition coefficient (Wildman–Crippen LogP) is 2.17. The van der Waals surface area contributed by atoms with Crippen LogP contribution in [0.4, 0.5) is 11.6 Å². The van der Waals surface area contributed by atoms with E-state index in [0.29, 0.717) is 20.8 Å². The van der Waals surface area contributed by atoms with Crippen LogP contribution >= 0.6 is 34.8 Å². The number of benzene rings is 1. The third-order valence-corrected chi connectivity index (χ3v) is 5.55. The minimum atomic E-state index is -0.223. The Bertz CT molecular complexity index is 781. The molecule has 0 bridgehead atoms. The number of hydrogen-bond acceptors (Lipinski definition) is 4. The van der Waals surface area contributed by atoms with Crippen molar-refractivity contribution in [3.8, 4) is 0 Å². The Morgan fingerprint density at radius 3 is 2.38 bits per heavy atom. The number of quaternary nitrogens is 1. The first-order valence-corrected chi connectivity index (χ1v) is 9.41. The average molecular weight is 416 g/mol. The van der Waals surface area contributed by atoms with Gasteiger partial charge in [0.15, 0.2) is 6.04 Å². The van der Waals surface area contributed by atoms with E-state index in [2.05, 4.69) is 20.2 Å². The van der Waals surface area contributed by atoms with Crippen molar-refractivity contribution >= 4 is 52.3 Å². The summed E-state index contributed by atoms with van der Waals surface area (Å²) in [6.45, 7) is 5.14. The van der Waals surface area contributed by atoms with E-state index in [1.807, 2.05) is 6.92 Å². The van der Waals surface area contributed by atoms with Gasteiger partial charge in [-0.1, -0.05) is 34.8 Å². The molecule has 1 aromatic heterocycles. The van der Waals surface area contributed by atoms with Gasteiger partial charge in [0.05, 0.1) is 46.9 Å². The van der Waals surface area contributed by atoms with Crippen LogP contribution in [0.3, 0.4) is 0 Å². The number of carbonyl (C=O) groups is 1. The van der Waals surface area contributed by atoms with Crippen LogP contribution in [0, 0.1) is 0 Å². The third kappa shape index (κ3) is 4.38. The molecule has 1 saturated heterocycles. The Morgan fingerprint density at radius 2 is 1.73 bits per heavy atom. The highest BCUT2D eigenvalue weighted by Gasteiger charge is 2.30. The lowest BCUT2D eigenvalue weighted by molar-refractivity contribution is -0.914. The summed E-state index contributed by atoms with van der Waals surface area (Å²) < 4.78 is 0. The second-order valence-corrected chi connectivity index (χ2v) is 7.37. The molecule has 6 nitrogen and oxygen atoms in total. The van der Waals surface area contributed by atoms with Crippen molar-refractivity contribution in [2.45, 2.75) is 13.0 Å². The second kappa shape index (κ2) is 8.39. The molecule has 138 valence electrons. The molecule has 2 heterocycles. The molecule has 0 radical (unpaired) electrons. The van der Waals surface area contributed by atoms with Gasteiger partial charge in [-0.25, -0.2) is 9.97 Å². The molecular formula is C17H19Cl3N5O+. The van der Waals surface area contributed by atoms with Crippen molar-refractivity contribution < 1.29 is 9.69 Å². The van der Waals surface area contributed by atoms with Gasteiger partial charge in [0.2, 0.25) is 5.95 Å². The van der Waals surface area contributed by atoms with Gasteiger partial charge >= 0.3 is 0 Å². The lowest BCUT2D eigenvalue weighted by atomic mass is 10.2. The van der Waals surface area contributed by atoms with Gasteiger partial charge in [0, 0.05) is 12.4 Å². The van der Waals surface area contributed by atoms with Gasteiger partial charge in [0.25, 0.3) is 5.91 Å². The molecule has 3 rings (SSSR count). The van der Waals surface area contributed by atoms with Crippen LogP contribution < -0.4 is 15.1 Å². The lowest BCUT2D eigenvalue weighted by Gasteiger charge is -2.34. The maximum absolute atomic E-state index is 12.6. The van der Waals surface area contributed by atoms with E-state index >= 15 is 0 Å². The Balaban J connectivity index is 1.59. The van der Waals surface area contributed by atoms with Crippen LogP contribution in [-0.4, -0.2) is 48.1 Å². The number of aromatic nitrogens is 2. The maximum atomic E-state index is 12.6. The van der Waals surface area contributed by atoms with Crippen molar-refractivity contribution in [1.29, 1.82) is 0 Å². The van der Waals surface area contributed by atoms with Gasteiger partial charge in [-0.05, 0) is 25.1 Å². The number of nitrogens with one attached hydrogen (secondary N) is 2. The van der Waals surface area contributed by atoms with Crippen LogP contribution in [-0.2, 0) is 4.79 Å². The first kappa shape index (κ1) is 19.2. The molecule has 1 aromatic carbocycles. The van der Waals surface area contributed by atoms with E-state index in [1.54, 1.807) is 24.5 Å². The quantitative estimate of drug-likeness (QED) is 0.751. The molecule has 0 aliphatic carbocycles. The molecule has 0 spiro atoms. The molecule has 1 atom stereocenters. The highest BCUT2D eigenvalue weighted by Crippen LogP contribution is 2.32. The van der Waals surface area contributed by atoms with E-state index in [1.165, 1.54) is 11.0 Å². The van der Waals surface area contributed by atoms with Gasteiger partial charge in [-0.2, -0.15) is 0 Å². The molecular weight excluding hydrogens is 397 g/mol. The van der Waals surface area contributed by atoms with Crippen LogP contribution in [0.5, 0.6) is 0 Å². The van der Waals surface area contributed by atoms with Crippen molar-refractivity contribution in [2.24, 2.45) is 0 Å². The summed E-state index contributed by atoms with van der Waals surface area (Å²) in [6.07, 6.45) is 3.47. The minimum absolute atomic E-state index is 0.107. The molecule has 9 heteroatoms. The third-order valence-electron chi connectivity index (χ3n) is 4.51. The van der Waals surface area contributed by atoms with Gasteiger partial charge in [-0.15, -0.1) is 0 Å². The van der Waals surface area contributed by atoms with E-state index < -0.39 is 0 Å². The summed E-state index contributed by atoms with van der Waals surface area (Å²) in [7, 11) is 0. The number of hydrogen-bond donors (Lipinski definition) is 2. The van der Waals surface area contributed by atoms with E-state index in [9.17, 15) is 4.79 Å². The largest absolute Gasteiger partial charge is 0.330 e. The summed E-state index contributed by atoms with van der Waals surface area (Å²) in [6, 6.07) is 4.67. The highest BCUT2D eigenvalue weighted by atomic mass is 35.5. The minimum Gasteiger partial charge on any atom is -0.330 e. The fraction of sp³-hybridized carbons (Fsp3) is 0.353. The molecule has 2 aromatic rings. The van der Waals surface area contributed by atoms with Crippen molar-refractivity contribution in [3.63, 3.8) is 0 Å². The normalized spacial score (nSPS) is 16.4. The van der Waals surface area contributed by atoms with Crippen LogP contribution in [0.15, 0.2) is 30.6 Å². The van der Waals surface area contributed by atoms with Gasteiger partial charge in [0.1, 0.15) is 0 Å². The maximum Gasteiger partial charge on any atom is 0.282 e. The summed E-state index contributed by atoms with van der Waals surface area (Å²) in [5.74, 6) is 0.621. The second-order valence-electron chi connectivity index (χ2n) is 6.15. The van der Waals surface area contributed by atoms with Gasteiger partial charge in [-0.3, -0.25) is 4.79 Å². The lowest BCUT2D eigenvalue weighted by Crippen LogP contribution is -3.19. The average Bonchev–Trinajstić information content (AvgIpc) is 2.66. The number of piperazine rings is 1. The highest BCUT2D eigenvalue weighted by molar-refractivity contribution is 6.44. The number of halogens is 3. The fourth-order valence-electron chi connectivity index (χ4n) is 2.93.